The summed E-state index contributed by atoms with van der Waals surface area (Å²) in [7, 11) is 0. The number of anilines is 6. The van der Waals surface area contributed by atoms with Gasteiger partial charge in [-0.05, 0) is 123 Å². The number of hydrogen-bond donors (Lipinski definition) is 0. The molecule has 0 aliphatic heterocycles. The minimum absolute atomic E-state index is 1.11. The smallest absolute Gasteiger partial charge is 0.0573 e. The van der Waals surface area contributed by atoms with E-state index in [4.69, 9.17) is 0 Å². The fraction of sp³-hybridized carbons (Fsp3) is 0.107. The van der Waals surface area contributed by atoms with Gasteiger partial charge in [-0.15, -0.1) is 0 Å². The second-order valence-corrected chi connectivity index (χ2v) is 15.5. The van der Waals surface area contributed by atoms with Gasteiger partial charge in [-0.3, -0.25) is 0 Å². The number of rotatable bonds is 10. The van der Waals surface area contributed by atoms with E-state index in [0.717, 1.165) is 33.9 Å². The maximum absolute atomic E-state index is 2.44. The quantitative estimate of drug-likeness (QED) is 0.128. The lowest BCUT2D eigenvalue weighted by Crippen LogP contribution is -2.16. The zero-order valence-electron chi connectivity index (χ0n) is 34.4. The van der Waals surface area contributed by atoms with Crippen molar-refractivity contribution in [1.29, 1.82) is 0 Å². The first-order chi connectivity index (χ1) is 28.2. The lowest BCUT2D eigenvalue weighted by atomic mass is 9.94. The molecule has 0 aromatic heterocycles. The van der Waals surface area contributed by atoms with Crippen molar-refractivity contribution in [3.63, 3.8) is 0 Å². The molecule has 58 heavy (non-hydrogen) atoms. The van der Waals surface area contributed by atoms with Crippen molar-refractivity contribution >= 4 is 69.2 Å². The Morgan fingerprint density at radius 3 is 0.776 bits per heavy atom. The van der Waals surface area contributed by atoms with E-state index in [2.05, 4.69) is 246 Å². The van der Waals surface area contributed by atoms with Gasteiger partial charge >= 0.3 is 0 Å². The number of hydrogen-bond acceptors (Lipinski definition) is 2. The van der Waals surface area contributed by atoms with Gasteiger partial charge < -0.3 is 9.80 Å². The van der Waals surface area contributed by atoms with Crippen molar-refractivity contribution in [2.75, 3.05) is 9.80 Å². The standard InChI is InChI=1S/C56H50N2/c1-39-11-19-45(20-12-39)23-25-47-27-35-51(36-28-47)57(49-31-15-41(3)16-32-49)55-43(5)44(6)56(54-10-8-7-9-53(54)55)58(50-33-17-42(4)18-34-50)52-37-29-48(30-38-52)26-24-46-21-13-40(2)14-22-46/h7-38H,1-6H3/b25-23+,26-24+. The van der Waals surface area contributed by atoms with Crippen molar-refractivity contribution in [3.8, 4) is 0 Å². The molecule has 0 saturated carbocycles. The molecule has 8 aromatic rings. The molecule has 0 bridgehead atoms. The van der Waals surface area contributed by atoms with Crippen LogP contribution in [-0.2, 0) is 0 Å². The average molecular weight is 751 g/mol. The van der Waals surface area contributed by atoms with E-state index in [1.54, 1.807) is 0 Å². The molecule has 0 spiro atoms. The molecule has 0 atom stereocenters. The van der Waals surface area contributed by atoms with Crippen molar-refractivity contribution < 1.29 is 0 Å². The highest BCUT2D eigenvalue weighted by molar-refractivity contribution is 6.10. The Morgan fingerprint density at radius 1 is 0.276 bits per heavy atom. The maximum atomic E-state index is 2.44. The predicted octanol–water partition coefficient (Wildman–Crippen LogP) is 16.0. The fourth-order valence-electron chi connectivity index (χ4n) is 7.64. The first-order valence-electron chi connectivity index (χ1n) is 20.2. The summed E-state index contributed by atoms with van der Waals surface area (Å²) in [6, 6.07) is 61.9. The molecule has 0 amide bonds. The van der Waals surface area contributed by atoms with Crippen LogP contribution in [0.4, 0.5) is 34.1 Å². The minimum atomic E-state index is 1.11. The molecule has 0 saturated heterocycles. The van der Waals surface area contributed by atoms with Gasteiger partial charge in [-0.2, -0.15) is 0 Å². The number of benzene rings is 8. The number of aryl methyl sites for hydroxylation is 4. The number of fused-ring (bicyclic) bond motifs is 1. The van der Waals surface area contributed by atoms with Crippen LogP contribution in [0.15, 0.2) is 170 Å². The van der Waals surface area contributed by atoms with Crippen LogP contribution >= 0.6 is 0 Å². The molecular weight excluding hydrogens is 701 g/mol. The molecule has 0 unspecified atom stereocenters. The highest BCUT2D eigenvalue weighted by atomic mass is 15.2. The van der Waals surface area contributed by atoms with Crippen LogP contribution < -0.4 is 9.80 Å². The molecule has 2 heteroatoms. The van der Waals surface area contributed by atoms with Gasteiger partial charge in [0.2, 0.25) is 0 Å². The Kier molecular flexibility index (Phi) is 10.9. The van der Waals surface area contributed by atoms with E-state index in [1.807, 2.05) is 0 Å². The van der Waals surface area contributed by atoms with Crippen LogP contribution in [0.2, 0.25) is 0 Å². The summed E-state index contributed by atoms with van der Waals surface area (Å²) < 4.78 is 0. The highest BCUT2D eigenvalue weighted by Gasteiger charge is 2.25. The third kappa shape index (κ3) is 8.14. The maximum Gasteiger partial charge on any atom is 0.0573 e. The van der Waals surface area contributed by atoms with E-state index >= 15 is 0 Å². The summed E-state index contributed by atoms with van der Waals surface area (Å²) in [4.78, 5) is 4.87. The van der Waals surface area contributed by atoms with Crippen LogP contribution in [0.5, 0.6) is 0 Å². The van der Waals surface area contributed by atoms with Crippen LogP contribution in [0.3, 0.4) is 0 Å². The first-order valence-corrected chi connectivity index (χ1v) is 20.2. The SMILES string of the molecule is Cc1ccc(/C=C/c2ccc(N(c3ccc(C)cc3)c3c(C)c(C)c(N(c4ccc(C)cc4)c4ccc(/C=C/c5ccc(C)cc5)cc4)c4ccccc34)cc2)cc1. The van der Waals surface area contributed by atoms with Gasteiger partial charge in [-0.25, -0.2) is 0 Å². The van der Waals surface area contributed by atoms with Crippen molar-refractivity contribution in [1.82, 2.24) is 0 Å². The van der Waals surface area contributed by atoms with Crippen molar-refractivity contribution in [2.24, 2.45) is 0 Å². The third-order valence-corrected chi connectivity index (χ3v) is 11.1. The van der Waals surface area contributed by atoms with Crippen LogP contribution in [-0.4, -0.2) is 0 Å². The van der Waals surface area contributed by atoms with E-state index in [9.17, 15) is 0 Å². The van der Waals surface area contributed by atoms with Crippen LogP contribution in [0.1, 0.15) is 55.6 Å². The summed E-state index contributed by atoms with van der Waals surface area (Å²) in [5, 5.41) is 2.39. The summed E-state index contributed by atoms with van der Waals surface area (Å²) in [5.74, 6) is 0. The highest BCUT2D eigenvalue weighted by Crippen LogP contribution is 2.49. The molecule has 2 nitrogen and oxygen atoms in total. The van der Waals surface area contributed by atoms with Gasteiger partial charge in [0.25, 0.3) is 0 Å². The van der Waals surface area contributed by atoms with E-state index in [-0.39, 0.29) is 0 Å². The Labute approximate surface area is 344 Å². The lowest BCUT2D eigenvalue weighted by Gasteiger charge is -2.34. The summed E-state index contributed by atoms with van der Waals surface area (Å²) in [6.07, 6.45) is 8.75. The van der Waals surface area contributed by atoms with Gasteiger partial charge in [-0.1, -0.05) is 168 Å². The Balaban J connectivity index is 1.25. The Morgan fingerprint density at radius 2 is 0.500 bits per heavy atom. The van der Waals surface area contributed by atoms with Crippen LogP contribution in [0.25, 0.3) is 35.1 Å². The number of nitrogens with zero attached hydrogens (tertiary/aromatic N) is 2. The molecule has 0 N–H and O–H groups in total. The molecule has 8 rings (SSSR count). The molecule has 0 aliphatic rings. The lowest BCUT2D eigenvalue weighted by molar-refractivity contribution is 1.21. The second kappa shape index (κ2) is 16.7. The molecule has 284 valence electrons. The third-order valence-electron chi connectivity index (χ3n) is 11.1. The summed E-state index contributed by atoms with van der Waals surface area (Å²) >= 11 is 0. The molecule has 8 aromatic carbocycles. The molecule has 0 radical (unpaired) electrons. The van der Waals surface area contributed by atoms with Gasteiger partial charge in [0.15, 0.2) is 0 Å². The second-order valence-electron chi connectivity index (χ2n) is 15.5. The topological polar surface area (TPSA) is 6.48 Å². The first kappa shape index (κ1) is 38.0. The van der Waals surface area contributed by atoms with Gasteiger partial charge in [0, 0.05) is 33.5 Å². The van der Waals surface area contributed by atoms with Gasteiger partial charge in [0.05, 0.1) is 11.4 Å². The van der Waals surface area contributed by atoms with E-state index < -0.39 is 0 Å². The Hall–Kier alpha value is -6.90. The normalized spacial score (nSPS) is 11.5. The van der Waals surface area contributed by atoms with E-state index in [0.29, 0.717) is 0 Å². The largest absolute Gasteiger partial charge is 0.310 e. The fourth-order valence-corrected chi connectivity index (χ4v) is 7.64. The summed E-state index contributed by atoms with van der Waals surface area (Å²) in [6.45, 7) is 13.1. The van der Waals surface area contributed by atoms with E-state index in [1.165, 1.54) is 66.7 Å². The van der Waals surface area contributed by atoms with Crippen molar-refractivity contribution in [3.05, 3.63) is 225 Å². The zero-order valence-corrected chi connectivity index (χ0v) is 34.4. The monoisotopic (exact) mass is 750 g/mol. The summed E-state index contributed by atoms with van der Waals surface area (Å²) in [5.41, 5.74) is 19.0. The molecule has 0 aliphatic carbocycles. The molecular formula is C56H50N2. The Bertz CT molecular complexity index is 2520. The molecule has 0 fully saturated rings. The average Bonchev–Trinajstić information content (AvgIpc) is 3.25. The van der Waals surface area contributed by atoms with Crippen molar-refractivity contribution in [2.45, 2.75) is 41.5 Å². The van der Waals surface area contributed by atoms with Crippen LogP contribution in [0, 0.1) is 41.5 Å². The van der Waals surface area contributed by atoms with Gasteiger partial charge in [0.1, 0.15) is 0 Å². The molecule has 0 heterocycles. The minimum Gasteiger partial charge on any atom is -0.310 e. The zero-order chi connectivity index (χ0) is 40.2. The predicted molar refractivity (Wildman–Crippen MR) is 252 cm³/mol.